The largest absolute Gasteiger partial charge is 0.493 e. The summed E-state index contributed by atoms with van der Waals surface area (Å²) in [6.07, 6.45) is 1.37. The zero-order valence-corrected chi connectivity index (χ0v) is 16.6. The second kappa shape index (κ2) is 10.8. The fraction of sp³-hybridized carbons (Fsp3) is 0.368. The van der Waals surface area contributed by atoms with E-state index in [1.54, 1.807) is 32.2 Å². The molecule has 2 aromatic rings. The second-order valence-corrected chi connectivity index (χ2v) is 6.66. The lowest BCUT2D eigenvalue weighted by atomic mass is 10.1. The van der Waals surface area contributed by atoms with Crippen LogP contribution >= 0.6 is 11.8 Å². The van der Waals surface area contributed by atoms with Gasteiger partial charge >= 0.3 is 0 Å². The van der Waals surface area contributed by atoms with E-state index >= 15 is 0 Å². The van der Waals surface area contributed by atoms with Crippen LogP contribution in [-0.4, -0.2) is 44.1 Å². The first-order chi connectivity index (χ1) is 13.5. The van der Waals surface area contributed by atoms with Gasteiger partial charge in [-0.05, 0) is 48.5 Å². The first kappa shape index (κ1) is 21.9. The van der Waals surface area contributed by atoms with Gasteiger partial charge < -0.3 is 19.5 Å². The number of nitrogens with zero attached hydrogens (tertiary/aromatic N) is 1. The molecule has 0 aliphatic rings. The number of carbonyl (C=O) groups is 1. The fourth-order valence-corrected chi connectivity index (χ4v) is 2.99. The van der Waals surface area contributed by atoms with Crippen molar-refractivity contribution in [1.29, 1.82) is 0 Å². The maximum atomic E-state index is 12.7. The van der Waals surface area contributed by atoms with Crippen LogP contribution in [0.15, 0.2) is 41.6 Å². The van der Waals surface area contributed by atoms with Crippen LogP contribution in [0.5, 0.6) is 11.5 Å². The minimum atomic E-state index is -2.66. The topological polar surface area (TPSA) is 69.7 Å². The molecule has 0 saturated carbocycles. The van der Waals surface area contributed by atoms with Gasteiger partial charge in [0.05, 0.1) is 25.3 Å². The lowest BCUT2D eigenvalue weighted by molar-refractivity contribution is 0.0936. The van der Waals surface area contributed by atoms with E-state index in [0.29, 0.717) is 24.7 Å². The molecular formula is C19H22F2N2O4S. The van der Waals surface area contributed by atoms with Crippen molar-refractivity contribution in [2.24, 2.45) is 0 Å². The number of methoxy groups -OCH3 is 2. The average Bonchev–Trinajstić information content (AvgIpc) is 2.68. The summed E-state index contributed by atoms with van der Waals surface area (Å²) < 4.78 is 41.2. The number of alkyl halides is 2. The van der Waals surface area contributed by atoms with E-state index in [9.17, 15) is 13.6 Å². The standard InChI is InChI=1S/C19H22F2N2O4S/c1-12(13-6-7-15(16(11-13)26-3)27-10-9-25-2)23-17(24)14-5-4-8-22-18(14)28-19(20)21/h4-8,11-12,19H,9-10H2,1-3H3,(H,23,24). The van der Waals surface area contributed by atoms with Gasteiger partial charge in [0.15, 0.2) is 11.5 Å². The van der Waals surface area contributed by atoms with Crippen LogP contribution in [0, 0.1) is 0 Å². The zero-order chi connectivity index (χ0) is 20.5. The van der Waals surface area contributed by atoms with Gasteiger partial charge in [-0.25, -0.2) is 4.98 Å². The maximum absolute atomic E-state index is 12.7. The van der Waals surface area contributed by atoms with Crippen LogP contribution in [0.4, 0.5) is 8.78 Å². The number of amides is 1. The Bertz CT molecular complexity index is 792. The van der Waals surface area contributed by atoms with Crippen molar-refractivity contribution in [2.75, 3.05) is 27.4 Å². The van der Waals surface area contributed by atoms with Crippen LogP contribution in [0.2, 0.25) is 0 Å². The summed E-state index contributed by atoms with van der Waals surface area (Å²) in [4.78, 5) is 16.4. The predicted octanol–water partition coefficient (Wildman–Crippen LogP) is 3.92. The van der Waals surface area contributed by atoms with E-state index < -0.39 is 11.7 Å². The van der Waals surface area contributed by atoms with Crippen LogP contribution < -0.4 is 14.8 Å². The summed E-state index contributed by atoms with van der Waals surface area (Å²) >= 11 is 0.242. The van der Waals surface area contributed by atoms with Crippen LogP contribution in [-0.2, 0) is 4.74 Å². The van der Waals surface area contributed by atoms with E-state index in [2.05, 4.69) is 10.3 Å². The van der Waals surface area contributed by atoms with Crippen molar-refractivity contribution in [3.05, 3.63) is 47.7 Å². The third-order valence-corrected chi connectivity index (χ3v) is 4.52. The first-order valence-electron chi connectivity index (χ1n) is 8.46. The van der Waals surface area contributed by atoms with Crippen LogP contribution in [0.1, 0.15) is 28.9 Å². The van der Waals surface area contributed by atoms with Crippen molar-refractivity contribution >= 4 is 17.7 Å². The number of rotatable bonds is 10. The Morgan fingerprint density at radius 2 is 2.00 bits per heavy atom. The number of halogens is 2. The molecule has 0 radical (unpaired) electrons. The molecule has 28 heavy (non-hydrogen) atoms. The van der Waals surface area contributed by atoms with Crippen molar-refractivity contribution in [3.8, 4) is 11.5 Å². The van der Waals surface area contributed by atoms with E-state index in [-0.39, 0.29) is 28.4 Å². The van der Waals surface area contributed by atoms with Crippen molar-refractivity contribution in [2.45, 2.75) is 23.7 Å². The summed E-state index contributed by atoms with van der Waals surface area (Å²) in [5.41, 5.74) is 0.877. The molecule has 0 aliphatic heterocycles. The molecule has 2 rings (SSSR count). The number of aromatic nitrogens is 1. The number of carbonyl (C=O) groups excluding carboxylic acids is 1. The molecule has 6 nitrogen and oxygen atoms in total. The van der Waals surface area contributed by atoms with Crippen molar-refractivity contribution < 1.29 is 27.8 Å². The van der Waals surface area contributed by atoms with Crippen molar-refractivity contribution in [3.63, 3.8) is 0 Å². The fourth-order valence-electron chi connectivity index (χ4n) is 2.41. The smallest absolute Gasteiger partial charge is 0.290 e. The lowest BCUT2D eigenvalue weighted by Crippen LogP contribution is -2.27. The Kier molecular flexibility index (Phi) is 8.46. The molecule has 1 aromatic carbocycles. The van der Waals surface area contributed by atoms with E-state index in [1.165, 1.54) is 25.4 Å². The van der Waals surface area contributed by atoms with E-state index in [0.717, 1.165) is 5.56 Å². The molecule has 1 atom stereocenters. The highest BCUT2D eigenvalue weighted by Gasteiger charge is 2.19. The summed E-state index contributed by atoms with van der Waals surface area (Å²) in [7, 11) is 3.11. The van der Waals surface area contributed by atoms with Gasteiger partial charge in [-0.1, -0.05) is 6.07 Å². The van der Waals surface area contributed by atoms with E-state index in [1.807, 2.05) is 0 Å². The Morgan fingerprint density at radius 1 is 1.21 bits per heavy atom. The lowest BCUT2D eigenvalue weighted by Gasteiger charge is -2.18. The molecule has 1 N–H and O–H groups in total. The Balaban J connectivity index is 2.12. The number of nitrogens with one attached hydrogen (secondary N) is 1. The Hall–Kier alpha value is -2.39. The predicted molar refractivity (Wildman–Crippen MR) is 102 cm³/mol. The minimum Gasteiger partial charge on any atom is -0.493 e. The number of hydrogen-bond acceptors (Lipinski definition) is 6. The molecule has 0 aliphatic carbocycles. The first-order valence-corrected chi connectivity index (χ1v) is 9.34. The highest BCUT2D eigenvalue weighted by atomic mass is 32.2. The highest BCUT2D eigenvalue weighted by molar-refractivity contribution is 7.99. The van der Waals surface area contributed by atoms with Gasteiger partial charge in [-0.2, -0.15) is 8.78 Å². The third kappa shape index (κ3) is 6.07. The van der Waals surface area contributed by atoms with E-state index in [4.69, 9.17) is 14.2 Å². The normalized spacial score (nSPS) is 11.9. The molecule has 0 fully saturated rings. The van der Waals surface area contributed by atoms with Crippen LogP contribution in [0.3, 0.4) is 0 Å². The van der Waals surface area contributed by atoms with Gasteiger partial charge in [0, 0.05) is 13.3 Å². The summed E-state index contributed by atoms with van der Waals surface area (Å²) in [6, 6.07) is 7.91. The number of thioether (sulfide) groups is 1. The molecule has 152 valence electrons. The van der Waals surface area contributed by atoms with Gasteiger partial charge in [0.25, 0.3) is 11.7 Å². The molecule has 1 unspecified atom stereocenters. The van der Waals surface area contributed by atoms with Gasteiger partial charge in [-0.15, -0.1) is 0 Å². The zero-order valence-electron chi connectivity index (χ0n) is 15.8. The summed E-state index contributed by atoms with van der Waals surface area (Å²) in [6.45, 7) is 2.61. The molecule has 9 heteroatoms. The van der Waals surface area contributed by atoms with Gasteiger partial charge in [0.2, 0.25) is 0 Å². The van der Waals surface area contributed by atoms with Gasteiger partial charge in [0.1, 0.15) is 11.6 Å². The SMILES string of the molecule is COCCOc1ccc(C(C)NC(=O)c2cccnc2SC(F)F)cc1OC. The Labute approximate surface area is 166 Å². The number of ether oxygens (including phenoxy) is 3. The van der Waals surface area contributed by atoms with Gasteiger partial charge in [-0.3, -0.25) is 4.79 Å². The Morgan fingerprint density at radius 3 is 2.68 bits per heavy atom. The molecule has 0 bridgehead atoms. The van der Waals surface area contributed by atoms with Crippen LogP contribution in [0.25, 0.3) is 0 Å². The molecule has 1 aromatic heterocycles. The molecule has 1 amide bonds. The summed E-state index contributed by atoms with van der Waals surface area (Å²) in [5.74, 6) is -2.06. The minimum absolute atomic E-state index is 0.0123. The molecule has 0 saturated heterocycles. The quantitative estimate of drug-likeness (QED) is 0.471. The number of benzene rings is 1. The monoisotopic (exact) mass is 412 g/mol. The number of hydrogen-bond donors (Lipinski definition) is 1. The van der Waals surface area contributed by atoms with Crippen molar-refractivity contribution in [1.82, 2.24) is 10.3 Å². The maximum Gasteiger partial charge on any atom is 0.290 e. The molecular weight excluding hydrogens is 390 g/mol. The third-order valence-electron chi connectivity index (χ3n) is 3.80. The average molecular weight is 412 g/mol. The summed E-state index contributed by atoms with van der Waals surface area (Å²) in [5, 5.41) is 2.78. The molecule has 0 spiro atoms. The highest BCUT2D eigenvalue weighted by Crippen LogP contribution is 2.31. The number of pyridine rings is 1. The molecule has 1 heterocycles. The second-order valence-electron chi connectivity index (χ2n) is 5.68.